The number of methoxy groups -OCH3 is 1. The summed E-state index contributed by atoms with van der Waals surface area (Å²) < 4.78 is 11.0. The summed E-state index contributed by atoms with van der Waals surface area (Å²) in [7, 11) is 6.85. The number of carbonyl (C=O) groups excluding carboxylic acids is 1. The minimum atomic E-state index is -0.0756. The van der Waals surface area contributed by atoms with E-state index in [-0.39, 0.29) is 12.5 Å². The van der Waals surface area contributed by atoms with E-state index < -0.39 is 0 Å². The lowest BCUT2D eigenvalue weighted by Crippen LogP contribution is -2.37. The van der Waals surface area contributed by atoms with Crippen LogP contribution in [-0.4, -0.2) is 58.2 Å². The quantitative estimate of drug-likeness (QED) is 0.489. The number of carbonyl (C=O) groups is 1. The zero-order valence-corrected chi connectivity index (χ0v) is 18.5. The van der Waals surface area contributed by atoms with Gasteiger partial charge in [-0.05, 0) is 42.7 Å². The molecule has 0 saturated carbocycles. The zero-order valence-electron chi connectivity index (χ0n) is 18.5. The minimum absolute atomic E-state index is 0.0233. The van der Waals surface area contributed by atoms with Crippen molar-refractivity contribution in [2.45, 2.75) is 19.9 Å². The van der Waals surface area contributed by atoms with Crippen molar-refractivity contribution in [3.8, 4) is 11.5 Å². The summed E-state index contributed by atoms with van der Waals surface area (Å²) in [6, 6.07) is 13.9. The van der Waals surface area contributed by atoms with Crippen molar-refractivity contribution in [3.05, 3.63) is 59.2 Å². The molecule has 0 aromatic heterocycles. The van der Waals surface area contributed by atoms with Crippen LogP contribution in [0.5, 0.6) is 11.5 Å². The van der Waals surface area contributed by atoms with Crippen molar-refractivity contribution in [2.75, 3.05) is 41.4 Å². The topological polar surface area (TPSA) is 75.2 Å². The molecule has 0 saturated heterocycles. The second-order valence-electron chi connectivity index (χ2n) is 7.14. The molecule has 7 heteroatoms. The number of hydrogen-bond donors (Lipinski definition) is 2. The first-order valence-corrected chi connectivity index (χ1v) is 9.93. The molecular weight excluding hydrogens is 380 g/mol. The molecule has 1 amide bonds. The van der Waals surface area contributed by atoms with Gasteiger partial charge in [0.15, 0.2) is 12.6 Å². The summed E-state index contributed by atoms with van der Waals surface area (Å²) >= 11 is 0. The number of aryl methyl sites for hydroxylation is 1. The molecule has 2 aromatic rings. The largest absolute Gasteiger partial charge is 0.496 e. The summed E-state index contributed by atoms with van der Waals surface area (Å²) in [6.07, 6.45) is 0.828. The number of benzene rings is 2. The van der Waals surface area contributed by atoms with Gasteiger partial charge in [-0.25, -0.2) is 0 Å². The van der Waals surface area contributed by atoms with Crippen LogP contribution in [0, 0.1) is 6.92 Å². The number of likely N-dealkylation sites (N-methyl/N-ethyl adjacent to an activating group) is 1. The summed E-state index contributed by atoms with van der Waals surface area (Å²) in [5, 5.41) is 6.63. The molecule has 0 radical (unpaired) electrons. The fourth-order valence-electron chi connectivity index (χ4n) is 2.84. The Kier molecular flexibility index (Phi) is 9.00. The Balaban J connectivity index is 1.84. The molecule has 0 bridgehead atoms. The number of nitrogens with zero attached hydrogens (tertiary/aromatic N) is 2. The summed E-state index contributed by atoms with van der Waals surface area (Å²) in [5.74, 6) is 2.21. The molecule has 162 valence electrons. The Morgan fingerprint density at radius 2 is 1.93 bits per heavy atom. The van der Waals surface area contributed by atoms with E-state index in [9.17, 15) is 4.79 Å². The van der Waals surface area contributed by atoms with Gasteiger partial charge < -0.3 is 25.0 Å². The van der Waals surface area contributed by atoms with E-state index in [2.05, 4.69) is 28.6 Å². The van der Waals surface area contributed by atoms with Gasteiger partial charge in [0, 0.05) is 34.2 Å². The maximum Gasteiger partial charge on any atom is 0.259 e. The number of aliphatic imine (C=N–C) groups is 1. The molecule has 2 rings (SSSR count). The third kappa shape index (κ3) is 7.31. The molecule has 0 atom stereocenters. The molecule has 2 N–H and O–H groups in total. The summed E-state index contributed by atoms with van der Waals surface area (Å²) in [4.78, 5) is 17.5. The Labute approximate surface area is 179 Å². The Morgan fingerprint density at radius 3 is 2.63 bits per heavy atom. The van der Waals surface area contributed by atoms with Crippen LogP contribution >= 0.6 is 0 Å². The van der Waals surface area contributed by atoms with Crippen LogP contribution in [0.3, 0.4) is 0 Å². The summed E-state index contributed by atoms with van der Waals surface area (Å²) in [6.45, 7) is 3.42. The van der Waals surface area contributed by atoms with E-state index >= 15 is 0 Å². The second kappa shape index (κ2) is 11.7. The van der Waals surface area contributed by atoms with E-state index in [1.54, 1.807) is 28.3 Å². The summed E-state index contributed by atoms with van der Waals surface area (Å²) in [5.41, 5.74) is 3.41. The lowest BCUT2D eigenvalue weighted by molar-refractivity contribution is -0.130. The molecule has 0 aliphatic rings. The van der Waals surface area contributed by atoms with Crippen molar-refractivity contribution >= 4 is 11.9 Å². The van der Waals surface area contributed by atoms with Gasteiger partial charge in [-0.15, -0.1) is 0 Å². The monoisotopic (exact) mass is 412 g/mol. The molecule has 7 nitrogen and oxygen atoms in total. The lowest BCUT2D eigenvalue weighted by Gasteiger charge is -2.14. The van der Waals surface area contributed by atoms with Crippen molar-refractivity contribution in [2.24, 2.45) is 4.99 Å². The third-order valence-corrected chi connectivity index (χ3v) is 4.57. The zero-order chi connectivity index (χ0) is 21.9. The molecule has 0 heterocycles. The SMILES string of the molecule is CN=C(NCCc1cc(C)ccc1OC)NCc1cccc(OCC(=O)N(C)C)c1. The second-order valence-corrected chi connectivity index (χ2v) is 7.14. The van der Waals surface area contributed by atoms with Gasteiger partial charge in [-0.2, -0.15) is 0 Å². The number of amides is 1. The first-order chi connectivity index (χ1) is 14.4. The third-order valence-electron chi connectivity index (χ3n) is 4.57. The van der Waals surface area contributed by atoms with Crippen molar-refractivity contribution in [3.63, 3.8) is 0 Å². The maximum atomic E-state index is 11.7. The Bertz CT molecular complexity index is 865. The molecule has 2 aromatic carbocycles. The predicted molar refractivity (Wildman–Crippen MR) is 120 cm³/mol. The van der Waals surface area contributed by atoms with Crippen LogP contribution in [0.1, 0.15) is 16.7 Å². The first-order valence-electron chi connectivity index (χ1n) is 9.93. The normalized spacial score (nSPS) is 11.0. The van der Waals surface area contributed by atoms with Gasteiger partial charge in [-0.3, -0.25) is 9.79 Å². The molecule has 0 aliphatic heterocycles. The highest BCUT2D eigenvalue weighted by atomic mass is 16.5. The molecule has 0 fully saturated rings. The van der Waals surface area contributed by atoms with Crippen molar-refractivity contribution in [1.82, 2.24) is 15.5 Å². The van der Waals surface area contributed by atoms with E-state index in [0.29, 0.717) is 12.3 Å². The van der Waals surface area contributed by atoms with Crippen LogP contribution in [-0.2, 0) is 17.8 Å². The van der Waals surface area contributed by atoms with Gasteiger partial charge in [-0.1, -0.05) is 29.8 Å². The number of rotatable bonds is 9. The van der Waals surface area contributed by atoms with E-state index in [4.69, 9.17) is 9.47 Å². The first kappa shape index (κ1) is 23.1. The van der Waals surface area contributed by atoms with Crippen LogP contribution < -0.4 is 20.1 Å². The lowest BCUT2D eigenvalue weighted by atomic mass is 10.1. The standard InChI is InChI=1S/C23H32N4O3/c1-17-9-10-21(29-5)19(13-17)11-12-25-23(24-2)26-15-18-7-6-8-20(14-18)30-16-22(28)27(3)4/h6-10,13-14H,11-12,15-16H2,1-5H3,(H2,24,25,26). The van der Waals surface area contributed by atoms with Crippen LogP contribution in [0.25, 0.3) is 0 Å². The van der Waals surface area contributed by atoms with E-state index in [1.807, 2.05) is 36.4 Å². The van der Waals surface area contributed by atoms with E-state index in [0.717, 1.165) is 35.8 Å². The molecule has 0 aliphatic carbocycles. The number of hydrogen-bond acceptors (Lipinski definition) is 4. The smallest absolute Gasteiger partial charge is 0.259 e. The van der Waals surface area contributed by atoms with Crippen LogP contribution in [0.2, 0.25) is 0 Å². The average molecular weight is 413 g/mol. The van der Waals surface area contributed by atoms with Gasteiger partial charge >= 0.3 is 0 Å². The molecule has 0 unspecified atom stereocenters. The minimum Gasteiger partial charge on any atom is -0.496 e. The number of nitrogens with one attached hydrogen (secondary N) is 2. The van der Waals surface area contributed by atoms with Gasteiger partial charge in [0.05, 0.1) is 7.11 Å². The molecule has 30 heavy (non-hydrogen) atoms. The highest BCUT2D eigenvalue weighted by Gasteiger charge is 2.07. The Hall–Kier alpha value is -3.22. The van der Waals surface area contributed by atoms with Gasteiger partial charge in [0.25, 0.3) is 5.91 Å². The van der Waals surface area contributed by atoms with Crippen LogP contribution in [0.4, 0.5) is 0 Å². The fraction of sp³-hybridized carbons (Fsp3) is 0.391. The fourth-order valence-corrected chi connectivity index (χ4v) is 2.84. The van der Waals surface area contributed by atoms with Crippen LogP contribution in [0.15, 0.2) is 47.5 Å². The van der Waals surface area contributed by atoms with Crippen molar-refractivity contribution in [1.29, 1.82) is 0 Å². The highest BCUT2D eigenvalue weighted by molar-refractivity contribution is 5.79. The molecular formula is C23H32N4O3. The van der Waals surface area contributed by atoms with Gasteiger partial charge in [0.1, 0.15) is 11.5 Å². The van der Waals surface area contributed by atoms with E-state index in [1.165, 1.54) is 10.5 Å². The molecule has 0 spiro atoms. The Morgan fingerprint density at radius 1 is 1.13 bits per heavy atom. The van der Waals surface area contributed by atoms with Gasteiger partial charge in [0.2, 0.25) is 0 Å². The predicted octanol–water partition coefficient (Wildman–Crippen LogP) is 2.38. The van der Waals surface area contributed by atoms with Crippen molar-refractivity contribution < 1.29 is 14.3 Å². The number of ether oxygens (including phenoxy) is 2. The maximum absolute atomic E-state index is 11.7. The number of guanidine groups is 1. The highest BCUT2D eigenvalue weighted by Crippen LogP contribution is 2.19. The average Bonchev–Trinajstić information content (AvgIpc) is 2.74.